The summed E-state index contributed by atoms with van der Waals surface area (Å²) in [5.41, 5.74) is 4.78. The highest BCUT2D eigenvalue weighted by atomic mass is 16.5. The quantitative estimate of drug-likeness (QED) is 0.468. The number of aliphatic carboxylic acids is 1. The maximum absolute atomic E-state index is 12.0. The lowest BCUT2D eigenvalue weighted by molar-refractivity contribution is -0.147. The van der Waals surface area contributed by atoms with E-state index in [1.807, 2.05) is 12.2 Å². The molecule has 0 radical (unpaired) electrons. The minimum absolute atomic E-state index is 0.0110. The molecule has 19 heavy (non-hydrogen) atoms. The van der Waals surface area contributed by atoms with Gasteiger partial charge in [-0.1, -0.05) is 12.2 Å². The van der Waals surface area contributed by atoms with Crippen molar-refractivity contribution in [2.24, 2.45) is 29.4 Å². The lowest BCUT2D eigenvalue weighted by atomic mass is 9.82. The SMILES string of the molecule is NC(=O)OCCNC(=O)[C@H]1C2C=CC(C2)[C@H]1C(=O)O. The van der Waals surface area contributed by atoms with Crippen molar-refractivity contribution >= 4 is 18.0 Å². The topological polar surface area (TPSA) is 119 Å². The van der Waals surface area contributed by atoms with Crippen LogP contribution in [0.2, 0.25) is 0 Å². The molecule has 4 N–H and O–H groups in total. The molecule has 2 aliphatic carbocycles. The van der Waals surface area contributed by atoms with Crippen LogP contribution in [0.4, 0.5) is 4.79 Å². The molecule has 1 saturated carbocycles. The number of carbonyl (C=O) groups excluding carboxylic acids is 2. The van der Waals surface area contributed by atoms with Gasteiger partial charge in [0.05, 0.1) is 18.4 Å². The predicted octanol–water partition coefficient (Wildman–Crippen LogP) is -0.279. The maximum atomic E-state index is 12.0. The smallest absolute Gasteiger partial charge is 0.404 e. The zero-order valence-corrected chi connectivity index (χ0v) is 10.2. The molecule has 7 heteroatoms. The Morgan fingerprint density at radius 1 is 1.26 bits per heavy atom. The van der Waals surface area contributed by atoms with Crippen molar-refractivity contribution in [3.63, 3.8) is 0 Å². The van der Waals surface area contributed by atoms with E-state index in [-0.39, 0.29) is 30.9 Å². The average Bonchev–Trinajstić information content (AvgIpc) is 2.93. The minimum atomic E-state index is -0.939. The summed E-state index contributed by atoms with van der Waals surface area (Å²) in [7, 11) is 0. The van der Waals surface area contributed by atoms with E-state index >= 15 is 0 Å². The number of hydrogen-bond donors (Lipinski definition) is 3. The van der Waals surface area contributed by atoms with Gasteiger partial charge in [0.25, 0.3) is 0 Å². The number of ether oxygens (including phenoxy) is 1. The van der Waals surface area contributed by atoms with Gasteiger partial charge in [0.2, 0.25) is 5.91 Å². The number of hydrogen-bond acceptors (Lipinski definition) is 4. The Kier molecular flexibility index (Phi) is 3.73. The third-order valence-corrected chi connectivity index (χ3v) is 3.69. The second kappa shape index (κ2) is 5.29. The zero-order valence-electron chi connectivity index (χ0n) is 10.2. The van der Waals surface area contributed by atoms with Crippen LogP contribution in [0.3, 0.4) is 0 Å². The summed E-state index contributed by atoms with van der Waals surface area (Å²) in [5.74, 6) is -2.51. The van der Waals surface area contributed by atoms with E-state index in [0.717, 1.165) is 0 Å². The molecule has 0 aromatic carbocycles. The first-order valence-corrected chi connectivity index (χ1v) is 6.11. The lowest BCUT2D eigenvalue weighted by Gasteiger charge is -2.23. The molecule has 0 heterocycles. The maximum Gasteiger partial charge on any atom is 0.404 e. The van der Waals surface area contributed by atoms with Crippen LogP contribution < -0.4 is 11.1 Å². The first-order valence-electron chi connectivity index (χ1n) is 6.11. The van der Waals surface area contributed by atoms with E-state index in [1.165, 1.54) is 0 Å². The molecule has 1 fully saturated rings. The second-order valence-corrected chi connectivity index (χ2v) is 4.80. The van der Waals surface area contributed by atoms with Crippen LogP contribution in [-0.2, 0) is 14.3 Å². The number of carbonyl (C=O) groups is 3. The molecule has 2 bridgehead atoms. The van der Waals surface area contributed by atoms with E-state index in [2.05, 4.69) is 10.1 Å². The van der Waals surface area contributed by atoms with Gasteiger partial charge in [-0.05, 0) is 18.3 Å². The Morgan fingerprint density at radius 2 is 1.89 bits per heavy atom. The highest BCUT2D eigenvalue weighted by Crippen LogP contribution is 2.48. The number of allylic oxidation sites excluding steroid dienone is 2. The van der Waals surface area contributed by atoms with Crippen molar-refractivity contribution in [1.82, 2.24) is 5.32 Å². The molecule has 2 aliphatic rings. The molecule has 0 aromatic rings. The van der Waals surface area contributed by atoms with Crippen molar-refractivity contribution in [3.8, 4) is 0 Å². The van der Waals surface area contributed by atoms with Crippen LogP contribution in [0.1, 0.15) is 6.42 Å². The molecule has 2 rings (SSSR count). The Balaban J connectivity index is 1.89. The largest absolute Gasteiger partial charge is 0.481 e. The molecule has 0 aromatic heterocycles. The Bertz CT molecular complexity index is 434. The van der Waals surface area contributed by atoms with Crippen LogP contribution in [0.25, 0.3) is 0 Å². The second-order valence-electron chi connectivity index (χ2n) is 4.80. The lowest BCUT2D eigenvalue weighted by Crippen LogP contribution is -2.41. The van der Waals surface area contributed by atoms with E-state index in [0.29, 0.717) is 6.42 Å². The van der Waals surface area contributed by atoms with E-state index < -0.39 is 23.9 Å². The fourth-order valence-electron chi connectivity index (χ4n) is 2.96. The molecule has 7 nitrogen and oxygen atoms in total. The number of amides is 2. The summed E-state index contributed by atoms with van der Waals surface area (Å²) in [6.45, 7) is 0.112. The zero-order chi connectivity index (χ0) is 14.0. The average molecular weight is 268 g/mol. The van der Waals surface area contributed by atoms with Crippen molar-refractivity contribution in [2.45, 2.75) is 6.42 Å². The van der Waals surface area contributed by atoms with E-state index in [4.69, 9.17) is 5.73 Å². The number of primary amides is 1. The first kappa shape index (κ1) is 13.4. The van der Waals surface area contributed by atoms with E-state index in [9.17, 15) is 19.5 Å². The number of rotatable bonds is 5. The Hall–Kier alpha value is -2.05. The summed E-state index contributed by atoms with van der Waals surface area (Å²) in [6, 6.07) is 0. The van der Waals surface area contributed by atoms with Gasteiger partial charge in [0.15, 0.2) is 0 Å². The van der Waals surface area contributed by atoms with Gasteiger partial charge in [0, 0.05) is 0 Å². The van der Waals surface area contributed by atoms with Gasteiger partial charge in [-0.2, -0.15) is 0 Å². The number of fused-ring (bicyclic) bond motifs is 2. The van der Waals surface area contributed by atoms with Gasteiger partial charge in [0.1, 0.15) is 6.61 Å². The van der Waals surface area contributed by atoms with Crippen molar-refractivity contribution in [2.75, 3.05) is 13.2 Å². The molecule has 0 spiro atoms. The number of carboxylic acids is 1. The number of nitrogens with two attached hydrogens (primary N) is 1. The fourth-order valence-corrected chi connectivity index (χ4v) is 2.96. The van der Waals surface area contributed by atoms with Crippen LogP contribution in [0.15, 0.2) is 12.2 Å². The van der Waals surface area contributed by atoms with Crippen molar-refractivity contribution in [3.05, 3.63) is 12.2 Å². The first-order chi connectivity index (χ1) is 9.00. The summed E-state index contributed by atoms with van der Waals surface area (Å²) >= 11 is 0. The summed E-state index contributed by atoms with van der Waals surface area (Å²) in [5, 5.41) is 11.8. The highest BCUT2D eigenvalue weighted by Gasteiger charge is 2.51. The van der Waals surface area contributed by atoms with Gasteiger partial charge in [-0.15, -0.1) is 0 Å². The van der Waals surface area contributed by atoms with Crippen LogP contribution in [0, 0.1) is 23.7 Å². The number of carboxylic acid groups (broad SMARTS) is 1. The monoisotopic (exact) mass is 268 g/mol. The van der Waals surface area contributed by atoms with Crippen LogP contribution in [0.5, 0.6) is 0 Å². The Morgan fingerprint density at radius 3 is 2.47 bits per heavy atom. The fraction of sp³-hybridized carbons (Fsp3) is 0.583. The number of nitrogens with one attached hydrogen (secondary N) is 1. The molecule has 104 valence electrons. The van der Waals surface area contributed by atoms with Crippen LogP contribution in [-0.4, -0.2) is 36.2 Å². The van der Waals surface area contributed by atoms with Gasteiger partial charge in [-0.3, -0.25) is 9.59 Å². The molecule has 0 aliphatic heterocycles. The van der Waals surface area contributed by atoms with Gasteiger partial charge < -0.3 is 20.9 Å². The third-order valence-electron chi connectivity index (χ3n) is 3.69. The van der Waals surface area contributed by atoms with Gasteiger partial charge in [-0.25, -0.2) is 4.79 Å². The third kappa shape index (κ3) is 2.69. The van der Waals surface area contributed by atoms with E-state index in [1.54, 1.807) is 0 Å². The molecular weight excluding hydrogens is 252 g/mol. The normalized spacial score (nSPS) is 31.2. The Labute approximate surface area is 109 Å². The molecule has 2 amide bonds. The standard InChI is InChI=1S/C12H16N2O5/c13-12(18)19-4-3-14-10(15)8-6-1-2-7(5-6)9(8)11(16)17/h1-2,6-9H,3-5H2,(H2,13,18)(H,14,15)(H,16,17)/t6?,7?,8-,9+/m0/s1. The molecule has 0 saturated heterocycles. The highest BCUT2D eigenvalue weighted by molar-refractivity contribution is 5.86. The predicted molar refractivity (Wildman–Crippen MR) is 63.9 cm³/mol. The summed E-state index contributed by atoms with van der Waals surface area (Å²) in [6.07, 6.45) is 3.60. The van der Waals surface area contributed by atoms with Crippen molar-refractivity contribution in [1.29, 1.82) is 0 Å². The van der Waals surface area contributed by atoms with Gasteiger partial charge >= 0.3 is 12.1 Å². The van der Waals surface area contributed by atoms with Crippen molar-refractivity contribution < 1.29 is 24.2 Å². The molecule has 2 unspecified atom stereocenters. The molecule has 4 atom stereocenters. The molecular formula is C12H16N2O5. The van der Waals surface area contributed by atoms with Crippen LogP contribution >= 0.6 is 0 Å². The summed E-state index contributed by atoms with van der Waals surface area (Å²) < 4.78 is 4.48. The summed E-state index contributed by atoms with van der Waals surface area (Å²) in [4.78, 5) is 33.6. The minimum Gasteiger partial charge on any atom is -0.481 e.